The van der Waals surface area contributed by atoms with Crippen molar-refractivity contribution in [2.24, 2.45) is 0 Å². The third-order valence-corrected chi connectivity index (χ3v) is 3.36. The Bertz CT molecular complexity index is 772. The van der Waals surface area contributed by atoms with Gasteiger partial charge in [-0.3, -0.25) is 0 Å². The second-order valence-corrected chi connectivity index (χ2v) is 4.78. The number of ether oxygens (including phenoxy) is 1. The van der Waals surface area contributed by atoms with Crippen LogP contribution in [0.5, 0.6) is 5.75 Å². The van der Waals surface area contributed by atoms with Crippen LogP contribution >= 0.6 is 0 Å². The highest BCUT2D eigenvalue weighted by atomic mass is 16.5. The van der Waals surface area contributed by atoms with E-state index in [0.717, 1.165) is 22.0 Å². The molecule has 0 amide bonds. The molecule has 106 valence electrons. The number of nitrogen functional groups attached to an aromatic ring is 1. The number of rotatable bonds is 4. The zero-order valence-electron chi connectivity index (χ0n) is 11.5. The van der Waals surface area contributed by atoms with E-state index in [9.17, 15) is 5.11 Å². The molecule has 3 aromatic rings. The first kappa shape index (κ1) is 13.4. The monoisotopic (exact) mass is 280 g/mol. The van der Waals surface area contributed by atoms with E-state index >= 15 is 0 Å². The molecule has 3 rings (SSSR count). The zero-order chi connectivity index (χ0) is 14.7. The Morgan fingerprint density at radius 2 is 1.76 bits per heavy atom. The Kier molecular flexibility index (Phi) is 3.71. The van der Waals surface area contributed by atoms with E-state index in [-0.39, 0.29) is 6.61 Å². The van der Waals surface area contributed by atoms with Gasteiger partial charge in [-0.1, -0.05) is 36.4 Å². The molecular formula is C17H16N2O2. The van der Waals surface area contributed by atoms with Gasteiger partial charge in [-0.05, 0) is 18.2 Å². The minimum absolute atomic E-state index is 0.0539. The Morgan fingerprint density at radius 1 is 1.00 bits per heavy atom. The van der Waals surface area contributed by atoms with Gasteiger partial charge >= 0.3 is 0 Å². The second kappa shape index (κ2) is 5.81. The van der Waals surface area contributed by atoms with Crippen LogP contribution in [0.4, 0.5) is 5.82 Å². The van der Waals surface area contributed by atoms with E-state index in [4.69, 9.17) is 10.5 Å². The van der Waals surface area contributed by atoms with E-state index in [1.165, 1.54) is 0 Å². The first-order valence-corrected chi connectivity index (χ1v) is 6.73. The maximum Gasteiger partial charge on any atom is 0.130 e. The summed E-state index contributed by atoms with van der Waals surface area (Å²) in [7, 11) is 0. The molecule has 2 aromatic carbocycles. The SMILES string of the molecule is Nc1nc2ccccc2cc1COc1ccccc1CO. The Hall–Kier alpha value is -2.59. The van der Waals surface area contributed by atoms with E-state index in [2.05, 4.69) is 4.98 Å². The lowest BCUT2D eigenvalue weighted by atomic mass is 10.1. The lowest BCUT2D eigenvalue weighted by Gasteiger charge is -2.11. The number of anilines is 1. The van der Waals surface area contributed by atoms with Crippen LogP contribution in [0.15, 0.2) is 54.6 Å². The zero-order valence-corrected chi connectivity index (χ0v) is 11.5. The van der Waals surface area contributed by atoms with Gasteiger partial charge in [0, 0.05) is 16.5 Å². The number of aromatic nitrogens is 1. The fourth-order valence-corrected chi connectivity index (χ4v) is 2.22. The van der Waals surface area contributed by atoms with E-state index in [1.807, 2.05) is 54.6 Å². The summed E-state index contributed by atoms with van der Waals surface area (Å²) in [5.41, 5.74) is 8.44. The van der Waals surface area contributed by atoms with Gasteiger partial charge in [0.15, 0.2) is 0 Å². The fourth-order valence-electron chi connectivity index (χ4n) is 2.22. The summed E-state index contributed by atoms with van der Waals surface area (Å²) < 4.78 is 5.76. The van der Waals surface area contributed by atoms with Gasteiger partial charge in [-0.2, -0.15) is 0 Å². The Morgan fingerprint density at radius 3 is 2.62 bits per heavy atom. The maximum absolute atomic E-state index is 9.29. The van der Waals surface area contributed by atoms with Crippen LogP contribution in [0.3, 0.4) is 0 Å². The smallest absolute Gasteiger partial charge is 0.130 e. The highest BCUT2D eigenvalue weighted by Crippen LogP contribution is 2.22. The van der Waals surface area contributed by atoms with Crippen LogP contribution in [0.1, 0.15) is 11.1 Å². The third-order valence-electron chi connectivity index (χ3n) is 3.36. The first-order chi connectivity index (χ1) is 10.3. The van der Waals surface area contributed by atoms with E-state index < -0.39 is 0 Å². The average Bonchev–Trinajstić information content (AvgIpc) is 2.53. The largest absolute Gasteiger partial charge is 0.488 e. The van der Waals surface area contributed by atoms with Crippen molar-refractivity contribution in [3.63, 3.8) is 0 Å². The summed E-state index contributed by atoms with van der Waals surface area (Å²) in [6, 6.07) is 17.2. The molecule has 1 aromatic heterocycles. The molecule has 3 N–H and O–H groups in total. The van der Waals surface area contributed by atoms with Gasteiger partial charge in [0.1, 0.15) is 18.2 Å². The number of pyridine rings is 1. The van der Waals surface area contributed by atoms with Crippen molar-refractivity contribution >= 4 is 16.7 Å². The van der Waals surface area contributed by atoms with Crippen LogP contribution in [0, 0.1) is 0 Å². The highest BCUT2D eigenvalue weighted by Gasteiger charge is 2.07. The molecule has 0 atom stereocenters. The van der Waals surface area contributed by atoms with E-state index in [0.29, 0.717) is 18.2 Å². The van der Waals surface area contributed by atoms with Crippen LogP contribution in [0.25, 0.3) is 10.9 Å². The molecule has 0 saturated heterocycles. The lowest BCUT2D eigenvalue weighted by Crippen LogP contribution is -2.04. The molecule has 0 saturated carbocycles. The third kappa shape index (κ3) is 2.80. The second-order valence-electron chi connectivity index (χ2n) is 4.78. The summed E-state index contributed by atoms with van der Waals surface area (Å²) in [6.07, 6.45) is 0. The summed E-state index contributed by atoms with van der Waals surface area (Å²) in [6.45, 7) is 0.266. The molecule has 0 radical (unpaired) electrons. The number of nitrogens with zero attached hydrogens (tertiary/aromatic N) is 1. The number of hydrogen-bond acceptors (Lipinski definition) is 4. The van der Waals surface area contributed by atoms with Gasteiger partial charge in [0.25, 0.3) is 0 Å². The van der Waals surface area contributed by atoms with Crippen molar-refractivity contribution < 1.29 is 9.84 Å². The molecule has 0 spiro atoms. The van der Waals surface area contributed by atoms with Gasteiger partial charge in [0.2, 0.25) is 0 Å². The standard InChI is InChI=1S/C17H16N2O2/c18-17-14(9-12-5-1-3-7-15(12)19-17)11-21-16-8-4-2-6-13(16)10-20/h1-9,20H,10-11H2,(H2,18,19). The number of aliphatic hydroxyl groups excluding tert-OH is 1. The summed E-state index contributed by atoms with van der Waals surface area (Å²) >= 11 is 0. The topological polar surface area (TPSA) is 68.4 Å². The quantitative estimate of drug-likeness (QED) is 0.771. The number of benzene rings is 2. The molecular weight excluding hydrogens is 264 g/mol. The fraction of sp³-hybridized carbons (Fsp3) is 0.118. The van der Waals surface area contributed by atoms with Gasteiger partial charge < -0.3 is 15.6 Å². The minimum atomic E-state index is -0.0539. The van der Waals surface area contributed by atoms with Crippen molar-refractivity contribution in [2.75, 3.05) is 5.73 Å². The predicted octanol–water partition coefficient (Wildman–Crippen LogP) is 2.89. The molecule has 0 unspecified atom stereocenters. The van der Waals surface area contributed by atoms with Crippen LogP contribution < -0.4 is 10.5 Å². The van der Waals surface area contributed by atoms with Gasteiger partial charge in [-0.15, -0.1) is 0 Å². The maximum atomic E-state index is 9.29. The van der Waals surface area contributed by atoms with Crippen molar-refractivity contribution in [2.45, 2.75) is 13.2 Å². The number of fused-ring (bicyclic) bond motifs is 1. The molecule has 0 bridgehead atoms. The van der Waals surface area contributed by atoms with Crippen LogP contribution in [-0.2, 0) is 13.2 Å². The van der Waals surface area contributed by atoms with Gasteiger partial charge in [0.05, 0.1) is 12.1 Å². The normalized spacial score (nSPS) is 10.7. The summed E-state index contributed by atoms with van der Waals surface area (Å²) in [5, 5.41) is 10.3. The Balaban J connectivity index is 1.86. The molecule has 0 fully saturated rings. The average molecular weight is 280 g/mol. The molecule has 4 nitrogen and oxygen atoms in total. The van der Waals surface area contributed by atoms with Crippen molar-refractivity contribution in [3.8, 4) is 5.75 Å². The summed E-state index contributed by atoms with van der Waals surface area (Å²) in [5.74, 6) is 1.13. The molecule has 0 aliphatic heterocycles. The summed E-state index contributed by atoms with van der Waals surface area (Å²) in [4.78, 5) is 4.38. The van der Waals surface area contributed by atoms with Crippen LogP contribution in [-0.4, -0.2) is 10.1 Å². The number of hydrogen-bond donors (Lipinski definition) is 2. The number of aliphatic hydroxyl groups is 1. The molecule has 1 heterocycles. The van der Waals surface area contributed by atoms with Crippen molar-refractivity contribution in [3.05, 3.63) is 65.7 Å². The first-order valence-electron chi connectivity index (χ1n) is 6.73. The van der Waals surface area contributed by atoms with Crippen molar-refractivity contribution in [1.82, 2.24) is 4.98 Å². The van der Waals surface area contributed by atoms with Gasteiger partial charge in [-0.25, -0.2) is 4.98 Å². The Labute approximate surface area is 122 Å². The number of nitrogens with two attached hydrogens (primary N) is 1. The van der Waals surface area contributed by atoms with E-state index in [1.54, 1.807) is 0 Å². The molecule has 21 heavy (non-hydrogen) atoms. The predicted molar refractivity (Wildman–Crippen MR) is 82.9 cm³/mol. The highest BCUT2D eigenvalue weighted by molar-refractivity contribution is 5.81. The molecule has 0 aliphatic carbocycles. The number of para-hydroxylation sites is 2. The molecule has 4 heteroatoms. The molecule has 0 aliphatic rings. The minimum Gasteiger partial charge on any atom is -0.488 e. The van der Waals surface area contributed by atoms with Crippen molar-refractivity contribution in [1.29, 1.82) is 0 Å². The van der Waals surface area contributed by atoms with Crippen LogP contribution in [0.2, 0.25) is 0 Å². The lowest BCUT2D eigenvalue weighted by molar-refractivity contribution is 0.259.